The number of nitrogens with one attached hydrogen (secondary N) is 2. The number of rotatable bonds is 16. The molecule has 0 radical (unpaired) electrons. The molecule has 2 heterocycles. The van der Waals surface area contributed by atoms with Crippen molar-refractivity contribution in [2.24, 2.45) is 16.7 Å². The van der Waals surface area contributed by atoms with Crippen molar-refractivity contribution in [3.05, 3.63) is 65.5 Å². The van der Waals surface area contributed by atoms with Crippen LogP contribution in [0.25, 0.3) is 0 Å². The van der Waals surface area contributed by atoms with E-state index in [0.29, 0.717) is 45.4 Å². The summed E-state index contributed by atoms with van der Waals surface area (Å²) in [6, 6.07) is 12.8. The maximum Gasteiger partial charge on any atom is 0.417 e. The van der Waals surface area contributed by atoms with Crippen LogP contribution in [0.3, 0.4) is 0 Å². The van der Waals surface area contributed by atoms with Crippen molar-refractivity contribution < 1.29 is 29.0 Å². The van der Waals surface area contributed by atoms with Gasteiger partial charge in [-0.1, -0.05) is 98.2 Å². The highest BCUT2D eigenvalue weighted by molar-refractivity contribution is 5.90. The first kappa shape index (κ1) is 43.2. The molecule has 2 aromatic rings. The van der Waals surface area contributed by atoms with Crippen molar-refractivity contribution in [3.63, 3.8) is 0 Å². The Kier molecular flexibility index (Phi) is 15.6. The first-order chi connectivity index (χ1) is 24.8. The molecule has 13 heteroatoms. The number of methoxy groups -OCH3 is 1. The molecule has 3 N–H and O–H groups in total. The van der Waals surface area contributed by atoms with Gasteiger partial charge in [-0.15, -0.1) is 0 Å². The maximum absolute atomic E-state index is 14.4. The fraction of sp³-hybridized carbons (Fsp3) is 0.625. The van der Waals surface area contributed by atoms with Gasteiger partial charge in [-0.2, -0.15) is 0 Å². The summed E-state index contributed by atoms with van der Waals surface area (Å²) < 4.78 is 4.92. The summed E-state index contributed by atoms with van der Waals surface area (Å²) in [4.78, 5) is 63.3. The molecule has 294 valence electrons. The number of hydrogen-bond acceptors (Lipinski definition) is 8. The molecular weight excluding hydrogens is 674 g/mol. The number of carbonyl (C=O) groups is 4. The quantitative estimate of drug-likeness (QED) is 0.189. The molecule has 0 aliphatic carbocycles. The van der Waals surface area contributed by atoms with Gasteiger partial charge in [-0.25, -0.2) is 24.3 Å². The molecule has 13 nitrogen and oxygen atoms in total. The second kappa shape index (κ2) is 19.2. The molecule has 0 saturated carbocycles. The van der Waals surface area contributed by atoms with Crippen LogP contribution in [0.5, 0.6) is 0 Å². The molecule has 4 unspecified atom stereocenters. The van der Waals surface area contributed by atoms with Gasteiger partial charge in [0, 0.05) is 38.4 Å². The Balaban J connectivity index is 1.88. The molecule has 1 aliphatic rings. The molecule has 1 aromatic carbocycles. The average Bonchev–Trinajstić information content (AvgIpc) is 3.43. The zero-order valence-electron chi connectivity index (χ0n) is 33.5. The molecule has 1 aromatic heterocycles. The van der Waals surface area contributed by atoms with E-state index in [1.165, 1.54) is 7.11 Å². The fourth-order valence-electron chi connectivity index (χ4n) is 6.25. The number of aliphatic hydroxyl groups is 1. The number of aromatic nitrogens is 1. The number of ether oxygens (including phenoxy) is 1. The first-order valence-corrected chi connectivity index (χ1v) is 18.7. The molecule has 0 spiro atoms. The lowest BCUT2D eigenvalue weighted by atomic mass is 9.92. The minimum Gasteiger partial charge on any atom is -0.452 e. The third-order valence-corrected chi connectivity index (χ3v) is 9.37. The van der Waals surface area contributed by atoms with Crippen LogP contribution in [0.2, 0.25) is 0 Å². The number of carbonyl (C=O) groups excluding carboxylic acids is 4. The van der Waals surface area contributed by atoms with Gasteiger partial charge < -0.3 is 25.0 Å². The van der Waals surface area contributed by atoms with Crippen molar-refractivity contribution in [2.75, 3.05) is 39.8 Å². The Morgan fingerprint density at radius 2 is 1.68 bits per heavy atom. The third-order valence-electron chi connectivity index (χ3n) is 9.37. The predicted octanol–water partition coefficient (Wildman–Crippen LogP) is 5.61. The normalized spacial score (nSPS) is 15.9. The Morgan fingerprint density at radius 1 is 1.00 bits per heavy atom. The van der Waals surface area contributed by atoms with Crippen LogP contribution < -0.4 is 10.7 Å². The van der Waals surface area contributed by atoms with Crippen LogP contribution in [0.15, 0.2) is 48.5 Å². The molecule has 1 aliphatic heterocycles. The van der Waals surface area contributed by atoms with Gasteiger partial charge in [0.05, 0.1) is 31.5 Å². The number of amides is 6. The maximum atomic E-state index is 14.4. The number of urea groups is 2. The summed E-state index contributed by atoms with van der Waals surface area (Å²) in [5.74, 6) is -0.518. The highest BCUT2D eigenvalue weighted by Crippen LogP contribution is 2.24. The zero-order valence-corrected chi connectivity index (χ0v) is 33.5. The Bertz CT molecular complexity index is 1510. The van der Waals surface area contributed by atoms with E-state index >= 15 is 0 Å². The number of benzene rings is 1. The Hall–Kier alpha value is -4.23. The molecule has 1 fully saturated rings. The zero-order chi connectivity index (χ0) is 39.5. The number of hydrogen-bond donors (Lipinski definition) is 3. The lowest BCUT2D eigenvalue weighted by molar-refractivity contribution is -0.128. The van der Waals surface area contributed by atoms with Gasteiger partial charge in [0.1, 0.15) is 6.04 Å². The van der Waals surface area contributed by atoms with E-state index in [-0.39, 0.29) is 36.4 Å². The molecule has 6 amide bonds. The molecule has 0 bridgehead atoms. The number of aryl methyl sites for hydroxylation is 1. The van der Waals surface area contributed by atoms with E-state index in [4.69, 9.17) is 4.74 Å². The van der Waals surface area contributed by atoms with E-state index in [2.05, 4.69) is 36.5 Å². The van der Waals surface area contributed by atoms with Crippen molar-refractivity contribution in [1.29, 1.82) is 0 Å². The van der Waals surface area contributed by atoms with Crippen LogP contribution in [0, 0.1) is 23.7 Å². The lowest BCUT2D eigenvalue weighted by Gasteiger charge is -2.36. The predicted molar refractivity (Wildman–Crippen MR) is 206 cm³/mol. The van der Waals surface area contributed by atoms with Gasteiger partial charge >= 0.3 is 18.2 Å². The molecule has 4 atom stereocenters. The topological polar surface area (TPSA) is 148 Å². The number of imide groups is 1. The minimum atomic E-state index is -1.15. The van der Waals surface area contributed by atoms with Crippen LogP contribution in [0.1, 0.15) is 85.2 Å². The van der Waals surface area contributed by atoms with E-state index in [1.54, 1.807) is 14.8 Å². The Labute approximate surface area is 316 Å². The third kappa shape index (κ3) is 13.6. The van der Waals surface area contributed by atoms with Crippen molar-refractivity contribution in [3.8, 4) is 0 Å². The second-order valence-electron chi connectivity index (χ2n) is 16.7. The first-order valence-electron chi connectivity index (χ1n) is 18.7. The van der Waals surface area contributed by atoms with Gasteiger partial charge in [0.15, 0.2) is 0 Å². The van der Waals surface area contributed by atoms with Gasteiger partial charge in [-0.3, -0.25) is 15.2 Å². The van der Waals surface area contributed by atoms with E-state index < -0.39 is 35.7 Å². The van der Waals surface area contributed by atoms with Gasteiger partial charge in [-0.05, 0) is 54.2 Å². The standard InChI is InChI=1S/C40H63N7O6/c1-11-28(2)34(46-23-22-44(37(46)51)25-31-19-15-16-29(3)41-31)35(49)42-32(24-30-17-13-12-14-18-30)33(48)26-45(21-20-39(4,5)6)43-36(50)47(38(52)53-10)27-40(7,8)9/h12-19,28,32-34,48H,11,20-27H2,1-10H3,(H,42,49)(H,43,50). The van der Waals surface area contributed by atoms with Gasteiger partial charge in [0.2, 0.25) is 5.91 Å². The monoisotopic (exact) mass is 737 g/mol. The minimum absolute atomic E-state index is 0.0436. The van der Waals surface area contributed by atoms with Crippen molar-refractivity contribution in [2.45, 2.75) is 106 Å². The highest BCUT2D eigenvalue weighted by Gasteiger charge is 2.41. The van der Waals surface area contributed by atoms with E-state index in [9.17, 15) is 24.3 Å². The summed E-state index contributed by atoms with van der Waals surface area (Å²) in [7, 11) is 1.23. The van der Waals surface area contributed by atoms with Crippen LogP contribution in [-0.2, 0) is 22.5 Å². The Morgan fingerprint density at radius 3 is 2.26 bits per heavy atom. The van der Waals surface area contributed by atoms with E-state index in [0.717, 1.165) is 21.9 Å². The van der Waals surface area contributed by atoms with Crippen LogP contribution in [-0.4, -0.2) is 112 Å². The number of aliphatic hydroxyl groups excluding tert-OH is 1. The summed E-state index contributed by atoms with van der Waals surface area (Å²) >= 11 is 0. The summed E-state index contributed by atoms with van der Waals surface area (Å²) in [5, 5.41) is 16.7. The number of hydrazine groups is 1. The molecule has 53 heavy (non-hydrogen) atoms. The largest absolute Gasteiger partial charge is 0.452 e. The summed E-state index contributed by atoms with van der Waals surface area (Å²) in [5.41, 5.74) is 4.89. The summed E-state index contributed by atoms with van der Waals surface area (Å²) in [6.45, 7) is 19.5. The fourth-order valence-corrected chi connectivity index (χ4v) is 6.25. The smallest absolute Gasteiger partial charge is 0.417 e. The van der Waals surface area contributed by atoms with Crippen LogP contribution in [0.4, 0.5) is 14.4 Å². The lowest BCUT2D eigenvalue weighted by Crippen LogP contribution is -2.59. The van der Waals surface area contributed by atoms with Crippen molar-refractivity contribution >= 4 is 24.1 Å². The summed E-state index contributed by atoms with van der Waals surface area (Å²) in [6.07, 6.45) is -0.312. The molecular formula is C40H63N7O6. The number of pyridine rings is 1. The number of nitrogens with zero attached hydrogens (tertiary/aromatic N) is 5. The van der Waals surface area contributed by atoms with Crippen molar-refractivity contribution in [1.82, 2.24) is 35.4 Å². The molecule has 1 saturated heterocycles. The molecule has 3 rings (SSSR count). The second-order valence-corrected chi connectivity index (χ2v) is 16.7. The average molecular weight is 738 g/mol. The van der Waals surface area contributed by atoms with Crippen LogP contribution >= 0.6 is 0 Å². The highest BCUT2D eigenvalue weighted by atomic mass is 16.5. The SMILES string of the molecule is CCC(C)C(C(=O)NC(Cc1ccccc1)C(O)CN(CCC(C)(C)C)NC(=O)N(CC(C)(C)C)C(=O)OC)N1CCN(Cc2cccc(C)n2)C1=O. The van der Waals surface area contributed by atoms with E-state index in [1.807, 2.05) is 90.1 Å². The van der Waals surface area contributed by atoms with Gasteiger partial charge in [0.25, 0.3) is 0 Å².